The Bertz CT molecular complexity index is 491. The Balaban J connectivity index is 2.22. The van der Waals surface area contributed by atoms with Gasteiger partial charge in [0.15, 0.2) is 0 Å². The summed E-state index contributed by atoms with van der Waals surface area (Å²) in [6, 6.07) is 1.64. The number of hydrogen-bond acceptors (Lipinski definition) is 5. The van der Waals surface area contributed by atoms with Crippen LogP contribution in [0, 0.1) is 0 Å². The lowest BCUT2D eigenvalue weighted by atomic mass is 10.2. The van der Waals surface area contributed by atoms with Crippen LogP contribution in [0.2, 0.25) is 0 Å². The monoisotopic (exact) mass is 255 g/mol. The third kappa shape index (κ3) is 2.33. The topological polar surface area (TPSA) is 87.8 Å². The highest BCUT2D eigenvalue weighted by Crippen LogP contribution is 2.22. The molecule has 0 unspecified atom stereocenters. The van der Waals surface area contributed by atoms with Gasteiger partial charge in [-0.15, -0.1) is 11.8 Å². The van der Waals surface area contributed by atoms with Gasteiger partial charge >= 0.3 is 11.6 Å². The molecule has 0 saturated carbocycles. The van der Waals surface area contributed by atoms with Gasteiger partial charge in [-0.2, -0.15) is 0 Å². The van der Waals surface area contributed by atoms with Crippen molar-refractivity contribution in [2.24, 2.45) is 0 Å². The van der Waals surface area contributed by atoms with E-state index in [9.17, 15) is 14.4 Å². The Morgan fingerprint density at radius 2 is 2.24 bits per heavy atom. The molecular weight excluding hydrogens is 246 g/mol. The van der Waals surface area contributed by atoms with Gasteiger partial charge in [0.1, 0.15) is 12.3 Å². The zero-order valence-corrected chi connectivity index (χ0v) is 9.48. The molecule has 1 aliphatic rings. The van der Waals surface area contributed by atoms with E-state index >= 15 is 0 Å². The summed E-state index contributed by atoms with van der Waals surface area (Å²) in [5.41, 5.74) is -0.370. The van der Waals surface area contributed by atoms with Gasteiger partial charge < -0.3 is 14.4 Å². The van der Waals surface area contributed by atoms with Crippen LogP contribution in [0.15, 0.2) is 27.6 Å². The first-order valence-electron chi connectivity index (χ1n) is 4.80. The predicted octanol–water partition coefficient (Wildman–Crippen LogP) is 0.240. The minimum absolute atomic E-state index is 0.179. The van der Waals surface area contributed by atoms with Crippen molar-refractivity contribution >= 4 is 23.6 Å². The van der Waals surface area contributed by atoms with E-state index in [-0.39, 0.29) is 5.56 Å². The highest BCUT2D eigenvalue weighted by Gasteiger charge is 2.35. The SMILES string of the molecule is O=C(O)[C@@H]1CSCN1C(=O)c1ccc(=O)oc1. The molecule has 17 heavy (non-hydrogen) atoms. The summed E-state index contributed by atoms with van der Waals surface area (Å²) < 4.78 is 4.58. The number of rotatable bonds is 2. The largest absolute Gasteiger partial charge is 0.480 e. The zero-order chi connectivity index (χ0) is 12.4. The van der Waals surface area contributed by atoms with Crippen molar-refractivity contribution in [2.75, 3.05) is 11.6 Å². The van der Waals surface area contributed by atoms with Gasteiger partial charge in [-0.25, -0.2) is 9.59 Å². The molecule has 1 amide bonds. The van der Waals surface area contributed by atoms with Gasteiger partial charge in [-0.05, 0) is 6.07 Å². The molecule has 1 aromatic rings. The number of carboxylic acid groups (broad SMARTS) is 1. The predicted molar refractivity (Wildman–Crippen MR) is 59.9 cm³/mol. The maximum Gasteiger partial charge on any atom is 0.335 e. The van der Waals surface area contributed by atoms with E-state index < -0.39 is 23.5 Å². The lowest BCUT2D eigenvalue weighted by Crippen LogP contribution is -2.41. The standard InChI is InChI=1S/C10H9NO5S/c12-8-2-1-6(3-16-8)9(13)11-5-17-4-7(11)10(14)15/h1-3,7H,4-5H2,(H,14,15)/t7-/m0/s1. The van der Waals surface area contributed by atoms with Crippen molar-refractivity contribution < 1.29 is 19.1 Å². The number of carbonyl (C=O) groups is 2. The van der Waals surface area contributed by atoms with Gasteiger partial charge in [0.25, 0.3) is 5.91 Å². The summed E-state index contributed by atoms with van der Waals surface area (Å²) in [6.07, 6.45) is 1.05. The molecule has 0 aromatic carbocycles. The molecule has 2 heterocycles. The quantitative estimate of drug-likeness (QED) is 0.814. The van der Waals surface area contributed by atoms with Gasteiger partial charge in [-0.3, -0.25) is 4.79 Å². The van der Waals surface area contributed by atoms with Crippen LogP contribution in [0.1, 0.15) is 10.4 Å². The molecule has 7 heteroatoms. The highest BCUT2D eigenvalue weighted by molar-refractivity contribution is 7.99. The average Bonchev–Trinajstić information content (AvgIpc) is 2.78. The smallest absolute Gasteiger partial charge is 0.335 e. The molecule has 0 spiro atoms. The second-order valence-corrected chi connectivity index (χ2v) is 4.47. The fourth-order valence-electron chi connectivity index (χ4n) is 1.49. The first-order valence-corrected chi connectivity index (χ1v) is 5.95. The van der Waals surface area contributed by atoms with Crippen LogP contribution >= 0.6 is 11.8 Å². The third-order valence-electron chi connectivity index (χ3n) is 2.38. The Labute approximate surface area is 100 Å². The van der Waals surface area contributed by atoms with Crippen LogP contribution in [-0.4, -0.2) is 39.6 Å². The second-order valence-electron chi connectivity index (χ2n) is 3.47. The number of hydrogen-bond donors (Lipinski definition) is 1. The third-order valence-corrected chi connectivity index (χ3v) is 3.39. The summed E-state index contributed by atoms with van der Waals surface area (Å²) in [6.45, 7) is 0. The van der Waals surface area contributed by atoms with Crippen LogP contribution in [-0.2, 0) is 4.79 Å². The fraction of sp³-hybridized carbons (Fsp3) is 0.300. The van der Waals surface area contributed by atoms with Gasteiger partial charge in [0, 0.05) is 11.8 Å². The zero-order valence-electron chi connectivity index (χ0n) is 8.66. The van der Waals surface area contributed by atoms with Gasteiger partial charge in [0.05, 0.1) is 11.4 Å². The number of carbonyl (C=O) groups excluding carboxylic acids is 1. The molecule has 90 valence electrons. The van der Waals surface area contributed by atoms with Crippen molar-refractivity contribution in [2.45, 2.75) is 6.04 Å². The summed E-state index contributed by atoms with van der Waals surface area (Å²) in [4.78, 5) is 34.9. The highest BCUT2D eigenvalue weighted by atomic mass is 32.2. The Kier molecular flexibility index (Phi) is 3.19. The van der Waals surface area contributed by atoms with E-state index in [1.165, 1.54) is 22.7 Å². The molecule has 1 saturated heterocycles. The van der Waals surface area contributed by atoms with Crippen LogP contribution in [0.3, 0.4) is 0 Å². The number of aliphatic carboxylic acids is 1. The molecule has 1 aliphatic heterocycles. The van der Waals surface area contributed by atoms with Crippen molar-refractivity contribution in [1.29, 1.82) is 0 Å². The Hall–Kier alpha value is -1.76. The average molecular weight is 255 g/mol. The van der Waals surface area contributed by atoms with E-state index in [1.54, 1.807) is 0 Å². The molecular formula is C10H9NO5S. The van der Waals surface area contributed by atoms with E-state index in [2.05, 4.69) is 4.42 Å². The van der Waals surface area contributed by atoms with Crippen molar-refractivity contribution in [1.82, 2.24) is 4.90 Å². The maximum absolute atomic E-state index is 12.0. The number of amides is 1. The van der Waals surface area contributed by atoms with Crippen molar-refractivity contribution in [3.05, 3.63) is 34.4 Å². The summed E-state index contributed by atoms with van der Waals surface area (Å²) in [5, 5.41) is 8.94. The van der Waals surface area contributed by atoms with Gasteiger partial charge in [0.2, 0.25) is 0 Å². The molecule has 2 rings (SSSR count). The summed E-state index contributed by atoms with van der Waals surface area (Å²) in [5.74, 6) is -0.765. The molecule has 1 fully saturated rings. The summed E-state index contributed by atoms with van der Waals surface area (Å²) >= 11 is 1.38. The second kappa shape index (κ2) is 4.62. The molecule has 0 bridgehead atoms. The summed E-state index contributed by atoms with van der Waals surface area (Å²) in [7, 11) is 0. The van der Waals surface area contributed by atoms with Crippen molar-refractivity contribution in [3.63, 3.8) is 0 Å². The van der Waals surface area contributed by atoms with E-state index in [0.717, 1.165) is 12.3 Å². The maximum atomic E-state index is 12.0. The number of thioether (sulfide) groups is 1. The minimum Gasteiger partial charge on any atom is -0.480 e. The van der Waals surface area contributed by atoms with Crippen LogP contribution in [0.5, 0.6) is 0 Å². The van der Waals surface area contributed by atoms with Crippen LogP contribution < -0.4 is 5.63 Å². The minimum atomic E-state index is -1.03. The lowest BCUT2D eigenvalue weighted by Gasteiger charge is -2.19. The first kappa shape index (κ1) is 11.7. The van der Waals surface area contributed by atoms with E-state index in [1.807, 2.05) is 0 Å². The van der Waals surface area contributed by atoms with Crippen LogP contribution in [0.4, 0.5) is 0 Å². The molecule has 1 N–H and O–H groups in total. The van der Waals surface area contributed by atoms with Crippen molar-refractivity contribution in [3.8, 4) is 0 Å². The normalized spacial score (nSPS) is 19.3. The first-order chi connectivity index (χ1) is 8.09. The molecule has 0 aliphatic carbocycles. The molecule has 1 atom stereocenters. The van der Waals surface area contributed by atoms with Crippen LogP contribution in [0.25, 0.3) is 0 Å². The molecule has 1 aromatic heterocycles. The van der Waals surface area contributed by atoms with Gasteiger partial charge in [-0.1, -0.05) is 0 Å². The Morgan fingerprint density at radius 3 is 2.82 bits per heavy atom. The van der Waals surface area contributed by atoms with E-state index in [4.69, 9.17) is 5.11 Å². The lowest BCUT2D eigenvalue weighted by molar-refractivity contribution is -0.140. The van der Waals surface area contributed by atoms with E-state index in [0.29, 0.717) is 11.6 Å². The number of carboxylic acids is 1. The Morgan fingerprint density at radius 1 is 1.47 bits per heavy atom. The molecule has 0 radical (unpaired) electrons. The molecule has 6 nitrogen and oxygen atoms in total. The fourth-order valence-corrected chi connectivity index (χ4v) is 2.64. The number of nitrogens with zero attached hydrogens (tertiary/aromatic N) is 1.